The first kappa shape index (κ1) is 10.5. The van der Waals surface area contributed by atoms with Crippen LogP contribution in [-0.4, -0.2) is 19.8 Å². The third-order valence-electron chi connectivity index (χ3n) is 0.567. The predicted octanol–water partition coefficient (Wildman–Crippen LogP) is 2.08. The van der Waals surface area contributed by atoms with E-state index in [9.17, 15) is 30.6 Å². The van der Waals surface area contributed by atoms with Crippen LogP contribution in [0.4, 0.5) is 30.6 Å². The van der Waals surface area contributed by atoms with E-state index >= 15 is 0 Å². The van der Waals surface area contributed by atoms with E-state index in [4.69, 9.17) is 0 Å². The summed E-state index contributed by atoms with van der Waals surface area (Å²) in [6.07, 6.45) is -11.9. The molecule has 0 saturated carbocycles. The summed E-state index contributed by atoms with van der Waals surface area (Å²) in [5, 5.41) is 0. The van der Waals surface area contributed by atoms with Crippen LogP contribution in [-0.2, 0) is 4.65 Å². The molecule has 0 bridgehead atoms. The molecule has 0 fully saturated rings. The van der Waals surface area contributed by atoms with Crippen LogP contribution in [0.15, 0.2) is 0 Å². The zero-order valence-electron chi connectivity index (χ0n) is 4.63. The molecular formula is C2BF7O. The minimum atomic E-state index is -6.11. The van der Waals surface area contributed by atoms with Crippen LogP contribution in [0, 0.1) is 0 Å². The average Bonchev–Trinajstić information content (AvgIpc) is 1.56. The average molecular weight is 184 g/mol. The van der Waals surface area contributed by atoms with Gasteiger partial charge in [-0.3, -0.25) is 8.63 Å². The number of rotatable bonds is 2. The summed E-state index contributed by atoms with van der Waals surface area (Å²) in [6, 6.07) is 0. The Bertz CT molecular complexity index is 129. The zero-order valence-corrected chi connectivity index (χ0v) is 4.63. The lowest BCUT2D eigenvalue weighted by molar-refractivity contribution is -0.366. The van der Waals surface area contributed by atoms with E-state index in [-0.39, 0.29) is 0 Å². The van der Waals surface area contributed by atoms with Crippen LogP contribution < -0.4 is 0 Å². The normalized spacial score (nSPS) is 13.4. The minimum Gasteiger partial charge on any atom is -0.312 e. The summed E-state index contributed by atoms with van der Waals surface area (Å²) in [4.78, 5) is 0. The Hall–Kier alpha value is -0.465. The van der Waals surface area contributed by atoms with Gasteiger partial charge in [-0.25, -0.2) is 0 Å². The third-order valence-corrected chi connectivity index (χ3v) is 0.567. The second-order valence-electron chi connectivity index (χ2n) is 1.39. The minimum absolute atomic E-state index is 2.01. The van der Waals surface area contributed by atoms with Gasteiger partial charge in [0.15, 0.2) is 0 Å². The molecule has 0 aliphatic carbocycles. The lowest BCUT2D eigenvalue weighted by Crippen LogP contribution is -2.41. The van der Waals surface area contributed by atoms with Gasteiger partial charge in [-0.05, 0) is 0 Å². The van der Waals surface area contributed by atoms with Crippen molar-refractivity contribution in [2.24, 2.45) is 0 Å². The van der Waals surface area contributed by atoms with Gasteiger partial charge in [-0.15, -0.1) is 0 Å². The fourth-order valence-corrected chi connectivity index (χ4v) is 0.179. The summed E-state index contributed by atoms with van der Waals surface area (Å²) < 4.78 is 79.4. The van der Waals surface area contributed by atoms with Crippen molar-refractivity contribution in [1.82, 2.24) is 0 Å². The number of halogens is 7. The fourth-order valence-electron chi connectivity index (χ4n) is 0.179. The number of hydrogen-bond acceptors (Lipinski definition) is 1. The molecule has 0 aromatic carbocycles. The first-order valence-electron chi connectivity index (χ1n) is 2.07. The van der Waals surface area contributed by atoms with Crippen molar-refractivity contribution in [3.8, 4) is 0 Å². The van der Waals surface area contributed by atoms with Crippen molar-refractivity contribution in [1.29, 1.82) is 0 Å². The first-order valence-corrected chi connectivity index (χ1v) is 2.07. The molecule has 0 saturated heterocycles. The molecule has 9 heteroatoms. The van der Waals surface area contributed by atoms with E-state index in [2.05, 4.69) is 0 Å². The number of hydrogen-bond donors (Lipinski definition) is 0. The van der Waals surface area contributed by atoms with E-state index in [1.807, 2.05) is 4.65 Å². The van der Waals surface area contributed by atoms with Crippen LogP contribution in [0.2, 0.25) is 0 Å². The van der Waals surface area contributed by atoms with Gasteiger partial charge in [-0.1, -0.05) is 0 Å². The van der Waals surface area contributed by atoms with E-state index < -0.39 is 19.8 Å². The molecule has 1 nitrogen and oxygen atoms in total. The van der Waals surface area contributed by atoms with Crippen LogP contribution in [0.25, 0.3) is 0 Å². The van der Waals surface area contributed by atoms with Gasteiger partial charge in [0.1, 0.15) is 0 Å². The fraction of sp³-hybridized carbons (Fsp3) is 1.00. The first-order chi connectivity index (χ1) is 4.67. The summed E-state index contributed by atoms with van der Waals surface area (Å²) >= 11 is 0. The van der Waals surface area contributed by atoms with Gasteiger partial charge in [0.2, 0.25) is 0 Å². The SMILES string of the molecule is FB(F)OC(F)(F)C(F)(F)F. The van der Waals surface area contributed by atoms with Gasteiger partial charge in [0, 0.05) is 0 Å². The third kappa shape index (κ3) is 2.96. The molecule has 0 radical (unpaired) electrons. The van der Waals surface area contributed by atoms with Crippen LogP contribution >= 0.6 is 0 Å². The standard InChI is InChI=1S/C2BF7O/c4-1(5,6)2(7,8)11-3(9)10. The molecule has 0 aromatic heterocycles. The summed E-state index contributed by atoms with van der Waals surface area (Å²) in [5.74, 6) is 0. The largest absolute Gasteiger partial charge is 0.725 e. The van der Waals surface area contributed by atoms with Gasteiger partial charge in [-0.2, -0.15) is 22.0 Å². The Kier molecular flexibility index (Phi) is 2.76. The lowest BCUT2D eigenvalue weighted by Gasteiger charge is -2.17. The van der Waals surface area contributed by atoms with Gasteiger partial charge >= 0.3 is 19.8 Å². The van der Waals surface area contributed by atoms with E-state index in [0.29, 0.717) is 0 Å². The van der Waals surface area contributed by atoms with Gasteiger partial charge in [0.05, 0.1) is 0 Å². The molecule has 11 heavy (non-hydrogen) atoms. The Labute approximate surface area is 56.3 Å². The maximum Gasteiger partial charge on any atom is 0.725 e. The molecule has 0 heterocycles. The maximum absolute atomic E-state index is 11.4. The highest BCUT2D eigenvalue weighted by Crippen LogP contribution is 2.36. The zero-order chi connectivity index (χ0) is 9.28. The van der Waals surface area contributed by atoms with Crippen LogP contribution in [0.3, 0.4) is 0 Å². The second kappa shape index (κ2) is 2.88. The predicted molar refractivity (Wildman–Crippen MR) is 20.1 cm³/mol. The Morgan fingerprint density at radius 2 is 1.27 bits per heavy atom. The van der Waals surface area contributed by atoms with Crippen LogP contribution in [0.5, 0.6) is 0 Å². The monoisotopic (exact) mass is 184 g/mol. The molecule has 0 aromatic rings. The van der Waals surface area contributed by atoms with Crippen LogP contribution in [0.1, 0.15) is 0 Å². The molecule has 0 unspecified atom stereocenters. The summed E-state index contributed by atoms with van der Waals surface area (Å²) in [6.45, 7) is 0. The Morgan fingerprint density at radius 1 is 0.909 bits per heavy atom. The number of alkyl halides is 5. The Morgan fingerprint density at radius 3 is 1.36 bits per heavy atom. The Balaban J connectivity index is 4.22. The maximum atomic E-state index is 11.4. The molecule has 0 atom stereocenters. The highest BCUT2D eigenvalue weighted by Gasteiger charge is 2.61. The molecule has 0 aliphatic heterocycles. The second-order valence-corrected chi connectivity index (χ2v) is 1.39. The quantitative estimate of drug-likeness (QED) is 0.471. The lowest BCUT2D eigenvalue weighted by atomic mass is 10.3. The van der Waals surface area contributed by atoms with E-state index in [1.54, 1.807) is 0 Å². The highest BCUT2D eigenvalue weighted by atomic mass is 19.4. The summed E-state index contributed by atoms with van der Waals surface area (Å²) in [5.41, 5.74) is 0. The molecule has 0 amide bonds. The van der Waals surface area contributed by atoms with Crippen molar-refractivity contribution >= 4 is 7.47 Å². The highest BCUT2D eigenvalue weighted by molar-refractivity contribution is 6.34. The van der Waals surface area contributed by atoms with Crippen molar-refractivity contribution < 1.29 is 35.2 Å². The van der Waals surface area contributed by atoms with Crippen molar-refractivity contribution in [2.75, 3.05) is 0 Å². The molecule has 0 aliphatic rings. The van der Waals surface area contributed by atoms with Gasteiger partial charge in [0.25, 0.3) is 0 Å². The molecular weight excluding hydrogens is 184 g/mol. The van der Waals surface area contributed by atoms with E-state index in [1.165, 1.54) is 0 Å². The molecule has 0 rings (SSSR count). The van der Waals surface area contributed by atoms with Crippen molar-refractivity contribution in [2.45, 2.75) is 12.3 Å². The van der Waals surface area contributed by atoms with Crippen molar-refractivity contribution in [3.63, 3.8) is 0 Å². The molecule has 0 N–H and O–H groups in total. The molecule has 0 spiro atoms. The topological polar surface area (TPSA) is 9.23 Å². The van der Waals surface area contributed by atoms with Crippen molar-refractivity contribution in [3.05, 3.63) is 0 Å². The smallest absolute Gasteiger partial charge is 0.312 e. The van der Waals surface area contributed by atoms with E-state index in [0.717, 1.165) is 0 Å². The molecule has 66 valence electrons. The summed E-state index contributed by atoms with van der Waals surface area (Å²) in [7, 11) is -4.16. The van der Waals surface area contributed by atoms with Gasteiger partial charge < -0.3 is 4.65 Å².